The highest BCUT2D eigenvalue weighted by Gasteiger charge is 2.27. The van der Waals surface area contributed by atoms with Crippen LogP contribution in [0.3, 0.4) is 0 Å². The Labute approximate surface area is 237 Å². The van der Waals surface area contributed by atoms with Crippen molar-refractivity contribution in [3.8, 4) is 0 Å². The molecule has 11 nitrogen and oxygen atoms in total. The zero-order valence-corrected chi connectivity index (χ0v) is 24.0. The van der Waals surface area contributed by atoms with E-state index in [-0.39, 0.29) is 24.2 Å². The second-order valence-corrected chi connectivity index (χ2v) is 11.3. The number of nitrogens with zero attached hydrogens (tertiary/aromatic N) is 6. The van der Waals surface area contributed by atoms with E-state index in [9.17, 15) is 19.1 Å². The van der Waals surface area contributed by atoms with Crippen LogP contribution in [0, 0.1) is 5.82 Å². The van der Waals surface area contributed by atoms with Gasteiger partial charge in [-0.25, -0.2) is 14.2 Å². The number of carbonyl (C=O) groups is 2. The number of alkyl carbamates (subject to hydrolysis) is 1. The molecule has 41 heavy (non-hydrogen) atoms. The molecule has 1 aromatic carbocycles. The summed E-state index contributed by atoms with van der Waals surface area (Å²) < 4.78 is 23.5. The molecule has 2 amide bonds. The van der Waals surface area contributed by atoms with Gasteiger partial charge in [-0.15, -0.1) is 0 Å². The van der Waals surface area contributed by atoms with E-state index in [1.54, 1.807) is 36.4 Å². The number of anilines is 2. The Balaban J connectivity index is 1.39. The summed E-state index contributed by atoms with van der Waals surface area (Å²) in [7, 11) is 1.80. The average Bonchev–Trinajstić information content (AvgIpc) is 3.52. The number of halogens is 1. The Morgan fingerprint density at radius 2 is 1.95 bits per heavy atom. The number of pyridine rings is 1. The first-order valence-corrected chi connectivity index (χ1v) is 13.8. The molecule has 0 aliphatic carbocycles. The zero-order valence-electron chi connectivity index (χ0n) is 24.0. The lowest BCUT2D eigenvalue weighted by Crippen LogP contribution is -2.46. The summed E-state index contributed by atoms with van der Waals surface area (Å²) in [6.45, 7) is 8.79. The minimum atomic E-state index is -0.584. The van der Waals surface area contributed by atoms with Gasteiger partial charge in [-0.3, -0.25) is 9.48 Å². The quantitative estimate of drug-likeness (QED) is 0.363. The van der Waals surface area contributed by atoms with Crippen molar-refractivity contribution in [3.05, 3.63) is 53.9 Å². The van der Waals surface area contributed by atoms with Gasteiger partial charge < -0.3 is 29.4 Å². The number of aliphatic hydroxyl groups excluding tert-OH is 1. The van der Waals surface area contributed by atoms with Gasteiger partial charge >= 0.3 is 6.09 Å². The molecular weight excluding hydrogens is 529 g/mol. The van der Waals surface area contributed by atoms with Crippen molar-refractivity contribution in [2.24, 2.45) is 7.05 Å². The zero-order chi connectivity index (χ0) is 29.5. The minimum Gasteiger partial charge on any atom is -0.444 e. The van der Waals surface area contributed by atoms with Gasteiger partial charge in [0.2, 0.25) is 0 Å². The molecule has 1 saturated heterocycles. The number of aryl methyl sites for hydroxylation is 1. The number of fused-ring (bicyclic) bond motifs is 2. The van der Waals surface area contributed by atoms with E-state index in [0.29, 0.717) is 29.0 Å². The molecule has 3 aromatic heterocycles. The van der Waals surface area contributed by atoms with Gasteiger partial charge in [0.05, 0.1) is 35.3 Å². The van der Waals surface area contributed by atoms with E-state index in [1.807, 2.05) is 33.8 Å². The molecule has 0 spiro atoms. The predicted octanol–water partition coefficient (Wildman–Crippen LogP) is 4.01. The molecule has 4 heterocycles. The fourth-order valence-electron chi connectivity index (χ4n) is 5.37. The Morgan fingerprint density at radius 1 is 1.22 bits per heavy atom. The van der Waals surface area contributed by atoms with Gasteiger partial charge in [0.25, 0.3) is 5.91 Å². The number of piperidine rings is 1. The molecular formula is C29H36FN7O4. The normalized spacial score (nSPS) is 14.6. The molecule has 1 aliphatic rings. The van der Waals surface area contributed by atoms with Gasteiger partial charge in [-0.2, -0.15) is 5.10 Å². The Bertz CT molecular complexity index is 1600. The van der Waals surface area contributed by atoms with Crippen molar-refractivity contribution in [1.29, 1.82) is 0 Å². The number of benzene rings is 1. The molecule has 12 heteroatoms. The number of imidazole rings is 1. The highest BCUT2D eigenvalue weighted by Crippen LogP contribution is 2.33. The Kier molecular flexibility index (Phi) is 7.60. The Morgan fingerprint density at radius 3 is 2.61 bits per heavy atom. The maximum atomic E-state index is 14.9. The molecule has 2 N–H and O–H groups in total. The highest BCUT2D eigenvalue weighted by atomic mass is 19.1. The highest BCUT2D eigenvalue weighted by molar-refractivity contribution is 6.15. The SMILES string of the molecule is CCN(C(=O)c1ccc(N2CCC(NC(=O)OC(C)(C)C)CC2)c2cnn(C)c12)c1cc(F)c2nc(CO)cn2c1. The lowest BCUT2D eigenvalue weighted by molar-refractivity contribution is 0.0497. The van der Waals surface area contributed by atoms with Crippen LogP contribution in [0.5, 0.6) is 0 Å². The standard InChI is InChI=1S/C29H36FN7O4/c1-6-37(20-13-23(30)26-32-19(17-38)15-36(26)16-20)27(39)21-7-8-24(22-14-31-34(5)25(21)22)35-11-9-18(10-12-35)33-28(40)41-29(2,3)4/h7-8,13-16,18,38H,6,9-12,17H2,1-5H3,(H,33,40). The number of hydrogen-bond donors (Lipinski definition) is 2. The van der Waals surface area contributed by atoms with Crippen LogP contribution in [-0.2, 0) is 18.4 Å². The first kappa shape index (κ1) is 28.3. The summed E-state index contributed by atoms with van der Waals surface area (Å²) in [5, 5.41) is 17.7. The fourth-order valence-corrected chi connectivity index (χ4v) is 5.37. The molecule has 0 bridgehead atoms. The topological polar surface area (TPSA) is 117 Å². The van der Waals surface area contributed by atoms with Crippen molar-refractivity contribution >= 4 is 39.9 Å². The third-order valence-corrected chi connectivity index (χ3v) is 7.24. The number of carbonyl (C=O) groups excluding carboxylic acids is 2. The van der Waals surface area contributed by atoms with E-state index < -0.39 is 17.5 Å². The van der Waals surface area contributed by atoms with Crippen LogP contribution in [0.1, 0.15) is 56.6 Å². The molecule has 1 aliphatic heterocycles. The summed E-state index contributed by atoms with van der Waals surface area (Å²) in [6.07, 6.45) is 6.04. The van der Waals surface area contributed by atoms with Gasteiger partial charge in [0, 0.05) is 62.3 Å². The number of amides is 2. The van der Waals surface area contributed by atoms with Crippen LogP contribution in [0.4, 0.5) is 20.6 Å². The third-order valence-electron chi connectivity index (χ3n) is 7.24. The minimum absolute atomic E-state index is 0.0196. The summed E-state index contributed by atoms with van der Waals surface area (Å²) in [5.74, 6) is -0.867. The van der Waals surface area contributed by atoms with E-state index in [2.05, 4.69) is 20.3 Å². The molecule has 4 aromatic rings. The number of rotatable bonds is 6. The first-order valence-electron chi connectivity index (χ1n) is 13.8. The largest absolute Gasteiger partial charge is 0.444 e. The molecule has 218 valence electrons. The second kappa shape index (κ2) is 11.0. The summed E-state index contributed by atoms with van der Waals surface area (Å²) in [5.41, 5.74) is 2.36. The lowest BCUT2D eigenvalue weighted by atomic mass is 10.0. The molecule has 0 saturated carbocycles. The summed E-state index contributed by atoms with van der Waals surface area (Å²) in [4.78, 5) is 34.0. The smallest absolute Gasteiger partial charge is 0.407 e. The van der Waals surface area contributed by atoms with Crippen molar-refractivity contribution in [3.63, 3.8) is 0 Å². The van der Waals surface area contributed by atoms with Crippen LogP contribution < -0.4 is 15.1 Å². The molecule has 0 atom stereocenters. The molecule has 1 fully saturated rings. The predicted molar refractivity (Wildman–Crippen MR) is 154 cm³/mol. The van der Waals surface area contributed by atoms with Crippen LogP contribution in [-0.4, -0.2) is 67.5 Å². The first-order chi connectivity index (χ1) is 19.5. The van der Waals surface area contributed by atoms with Gasteiger partial charge in [-0.05, 0) is 52.7 Å². The monoisotopic (exact) mass is 565 g/mol. The van der Waals surface area contributed by atoms with Crippen LogP contribution >= 0.6 is 0 Å². The Hall–Kier alpha value is -4.19. The fraction of sp³-hybridized carbons (Fsp3) is 0.448. The second-order valence-electron chi connectivity index (χ2n) is 11.3. The number of aliphatic hydroxyl groups is 1. The third kappa shape index (κ3) is 5.69. The van der Waals surface area contributed by atoms with Crippen molar-refractivity contribution in [2.45, 2.75) is 58.8 Å². The van der Waals surface area contributed by atoms with Crippen molar-refractivity contribution < 1.29 is 23.8 Å². The molecule has 5 rings (SSSR count). The summed E-state index contributed by atoms with van der Waals surface area (Å²) in [6, 6.07) is 5.03. The lowest BCUT2D eigenvalue weighted by Gasteiger charge is -2.34. The van der Waals surface area contributed by atoms with E-state index in [4.69, 9.17) is 4.74 Å². The number of aromatic nitrogens is 4. The molecule has 0 unspecified atom stereocenters. The van der Waals surface area contributed by atoms with Crippen molar-refractivity contribution in [2.75, 3.05) is 29.4 Å². The average molecular weight is 566 g/mol. The van der Waals surface area contributed by atoms with Gasteiger partial charge in [-0.1, -0.05) is 0 Å². The maximum Gasteiger partial charge on any atom is 0.407 e. The van der Waals surface area contributed by atoms with Crippen LogP contribution in [0.2, 0.25) is 0 Å². The van der Waals surface area contributed by atoms with Gasteiger partial charge in [0.15, 0.2) is 11.5 Å². The molecule has 0 radical (unpaired) electrons. The number of ether oxygens (including phenoxy) is 1. The van der Waals surface area contributed by atoms with E-state index >= 15 is 0 Å². The summed E-state index contributed by atoms with van der Waals surface area (Å²) >= 11 is 0. The van der Waals surface area contributed by atoms with Crippen molar-refractivity contribution in [1.82, 2.24) is 24.5 Å². The number of nitrogens with one attached hydrogen (secondary N) is 1. The van der Waals surface area contributed by atoms with Crippen LogP contribution in [0.25, 0.3) is 16.6 Å². The van der Waals surface area contributed by atoms with Crippen LogP contribution in [0.15, 0.2) is 36.8 Å². The number of hydrogen-bond acceptors (Lipinski definition) is 7. The maximum absolute atomic E-state index is 14.9. The van der Waals surface area contributed by atoms with E-state index in [1.165, 1.54) is 15.4 Å². The van der Waals surface area contributed by atoms with Gasteiger partial charge in [0.1, 0.15) is 5.60 Å². The van der Waals surface area contributed by atoms with E-state index in [0.717, 1.165) is 37.0 Å².